The summed E-state index contributed by atoms with van der Waals surface area (Å²) in [5.74, 6) is -0.837. The fourth-order valence-corrected chi connectivity index (χ4v) is 3.48. The second-order valence-electron chi connectivity index (χ2n) is 5.17. The number of hydrogen-bond acceptors (Lipinski definition) is 4. The summed E-state index contributed by atoms with van der Waals surface area (Å²) >= 11 is 4.81. The lowest BCUT2D eigenvalue weighted by molar-refractivity contribution is 0.429. The van der Waals surface area contributed by atoms with Gasteiger partial charge in [0.2, 0.25) is 5.88 Å². The molecule has 0 saturated carbocycles. The van der Waals surface area contributed by atoms with Crippen LogP contribution in [0.5, 0.6) is 11.6 Å². The Morgan fingerprint density at radius 3 is 2.68 bits per heavy atom. The minimum atomic E-state index is -0.785. The standard InChI is InChI=1S/C18H9BrF2N2OS/c19-11-3-1-2-10(8-11)17-22-14-6-7-25-16(14)18(23-17)24-15-5-4-12(20)9-13(15)21/h1-9H. The summed E-state index contributed by atoms with van der Waals surface area (Å²) in [5, 5.41) is 1.86. The van der Waals surface area contributed by atoms with Crippen molar-refractivity contribution in [2.75, 3.05) is 0 Å². The molecule has 2 aromatic heterocycles. The molecule has 7 heteroatoms. The van der Waals surface area contributed by atoms with Crippen LogP contribution in [0, 0.1) is 11.6 Å². The van der Waals surface area contributed by atoms with Crippen molar-refractivity contribution in [1.82, 2.24) is 9.97 Å². The fraction of sp³-hybridized carbons (Fsp3) is 0. The third kappa shape index (κ3) is 3.25. The van der Waals surface area contributed by atoms with E-state index >= 15 is 0 Å². The van der Waals surface area contributed by atoms with Gasteiger partial charge in [-0.15, -0.1) is 11.3 Å². The van der Waals surface area contributed by atoms with E-state index in [1.807, 2.05) is 35.7 Å². The lowest BCUT2D eigenvalue weighted by Gasteiger charge is -2.09. The minimum Gasteiger partial charge on any atom is -0.434 e. The first-order valence-corrected chi connectivity index (χ1v) is 8.91. The van der Waals surface area contributed by atoms with Crippen LogP contribution in [0.1, 0.15) is 0 Å². The number of hydrogen-bond donors (Lipinski definition) is 0. The maximum atomic E-state index is 13.9. The van der Waals surface area contributed by atoms with Crippen LogP contribution in [0.2, 0.25) is 0 Å². The molecule has 124 valence electrons. The Bertz CT molecular complexity index is 1080. The van der Waals surface area contributed by atoms with Gasteiger partial charge in [-0.25, -0.2) is 13.8 Å². The van der Waals surface area contributed by atoms with Gasteiger partial charge in [-0.1, -0.05) is 28.1 Å². The number of benzene rings is 2. The molecule has 0 aliphatic heterocycles. The normalized spacial score (nSPS) is 11.0. The highest BCUT2D eigenvalue weighted by atomic mass is 79.9. The van der Waals surface area contributed by atoms with Crippen molar-refractivity contribution >= 4 is 37.5 Å². The summed E-state index contributed by atoms with van der Waals surface area (Å²) in [7, 11) is 0. The van der Waals surface area contributed by atoms with Crippen molar-refractivity contribution in [2.45, 2.75) is 0 Å². The molecule has 0 bridgehead atoms. The smallest absolute Gasteiger partial charge is 0.241 e. The van der Waals surface area contributed by atoms with Crippen LogP contribution in [0.3, 0.4) is 0 Å². The van der Waals surface area contributed by atoms with Gasteiger partial charge in [0.15, 0.2) is 17.4 Å². The van der Waals surface area contributed by atoms with E-state index in [9.17, 15) is 8.78 Å². The summed E-state index contributed by atoms with van der Waals surface area (Å²) in [6.07, 6.45) is 0. The quantitative estimate of drug-likeness (QED) is 0.397. The predicted octanol–water partition coefficient (Wildman–Crippen LogP) is 6.19. The van der Waals surface area contributed by atoms with Crippen LogP contribution >= 0.6 is 27.3 Å². The summed E-state index contributed by atoms with van der Waals surface area (Å²) in [5.41, 5.74) is 1.50. The minimum absolute atomic E-state index is 0.0880. The van der Waals surface area contributed by atoms with E-state index in [0.717, 1.165) is 22.2 Å². The van der Waals surface area contributed by atoms with Gasteiger partial charge in [0.1, 0.15) is 10.5 Å². The van der Waals surface area contributed by atoms with E-state index in [-0.39, 0.29) is 11.6 Å². The first-order valence-electron chi connectivity index (χ1n) is 7.24. The zero-order valence-corrected chi connectivity index (χ0v) is 14.9. The first kappa shape index (κ1) is 16.1. The predicted molar refractivity (Wildman–Crippen MR) is 97.0 cm³/mol. The number of fused-ring (bicyclic) bond motifs is 1. The van der Waals surface area contributed by atoms with Gasteiger partial charge in [-0.2, -0.15) is 4.98 Å². The van der Waals surface area contributed by atoms with Gasteiger partial charge in [0.05, 0.1) is 5.52 Å². The maximum Gasteiger partial charge on any atom is 0.241 e. The molecule has 0 N–H and O–H groups in total. The summed E-state index contributed by atoms with van der Waals surface area (Å²) in [6, 6.07) is 12.5. The van der Waals surface area contributed by atoms with Crippen LogP contribution < -0.4 is 4.74 Å². The molecule has 4 rings (SSSR count). The molecule has 4 aromatic rings. The van der Waals surface area contributed by atoms with Crippen LogP contribution in [0.15, 0.2) is 58.4 Å². The molecule has 0 aliphatic carbocycles. The third-order valence-electron chi connectivity index (χ3n) is 3.46. The molecule has 25 heavy (non-hydrogen) atoms. The summed E-state index contributed by atoms with van der Waals surface area (Å²) in [6.45, 7) is 0. The fourth-order valence-electron chi connectivity index (χ4n) is 2.32. The van der Waals surface area contributed by atoms with Gasteiger partial charge < -0.3 is 4.74 Å². The van der Waals surface area contributed by atoms with E-state index < -0.39 is 11.6 Å². The largest absolute Gasteiger partial charge is 0.434 e. The van der Waals surface area contributed by atoms with Gasteiger partial charge in [-0.3, -0.25) is 0 Å². The molecule has 0 radical (unpaired) electrons. The highest BCUT2D eigenvalue weighted by Crippen LogP contribution is 2.34. The van der Waals surface area contributed by atoms with Crippen molar-refractivity contribution in [3.05, 3.63) is 70.0 Å². The number of thiophene rings is 1. The molecule has 3 nitrogen and oxygen atoms in total. The van der Waals surface area contributed by atoms with Crippen LogP contribution in [-0.4, -0.2) is 9.97 Å². The van der Waals surface area contributed by atoms with E-state index in [1.54, 1.807) is 0 Å². The van der Waals surface area contributed by atoms with Gasteiger partial charge in [0, 0.05) is 16.1 Å². The number of nitrogens with zero attached hydrogens (tertiary/aromatic N) is 2. The first-order chi connectivity index (χ1) is 12.1. The van der Waals surface area contributed by atoms with Gasteiger partial charge >= 0.3 is 0 Å². The lowest BCUT2D eigenvalue weighted by Crippen LogP contribution is -1.96. The topological polar surface area (TPSA) is 35.0 Å². The summed E-state index contributed by atoms with van der Waals surface area (Å²) < 4.78 is 34.2. The number of aromatic nitrogens is 2. The molecule has 0 aliphatic rings. The lowest BCUT2D eigenvalue weighted by atomic mass is 10.2. The average Bonchev–Trinajstić information content (AvgIpc) is 3.06. The average molecular weight is 419 g/mol. The number of rotatable bonds is 3. The highest BCUT2D eigenvalue weighted by molar-refractivity contribution is 9.10. The Morgan fingerprint density at radius 2 is 1.88 bits per heavy atom. The van der Waals surface area contributed by atoms with Crippen LogP contribution in [0.4, 0.5) is 8.78 Å². The van der Waals surface area contributed by atoms with E-state index in [0.29, 0.717) is 16.0 Å². The molecule has 0 amide bonds. The Morgan fingerprint density at radius 1 is 1.00 bits per heavy atom. The molecule has 0 saturated heterocycles. The molecule has 2 aromatic carbocycles. The Hall–Kier alpha value is -2.38. The summed E-state index contributed by atoms with van der Waals surface area (Å²) in [4.78, 5) is 8.97. The zero-order valence-electron chi connectivity index (χ0n) is 12.5. The third-order valence-corrected chi connectivity index (χ3v) is 4.84. The van der Waals surface area contributed by atoms with Gasteiger partial charge in [0.25, 0.3) is 0 Å². The maximum absolute atomic E-state index is 13.9. The SMILES string of the molecule is Fc1ccc(Oc2nc(-c3cccc(Br)c3)nc3ccsc23)c(F)c1. The van der Waals surface area contributed by atoms with Crippen molar-refractivity contribution in [3.8, 4) is 23.0 Å². The van der Waals surface area contributed by atoms with Gasteiger partial charge in [-0.05, 0) is 35.7 Å². The van der Waals surface area contributed by atoms with Crippen molar-refractivity contribution in [3.63, 3.8) is 0 Å². The Kier molecular flexibility index (Phi) is 4.19. The second-order valence-corrected chi connectivity index (χ2v) is 7.01. The molecular weight excluding hydrogens is 410 g/mol. The van der Waals surface area contributed by atoms with Crippen molar-refractivity contribution in [1.29, 1.82) is 0 Å². The molecule has 0 spiro atoms. The Labute approximate surface area is 154 Å². The molecule has 0 unspecified atom stereocenters. The zero-order chi connectivity index (χ0) is 17.4. The molecule has 0 fully saturated rings. The van der Waals surface area contributed by atoms with E-state index in [2.05, 4.69) is 25.9 Å². The Balaban J connectivity index is 1.83. The van der Waals surface area contributed by atoms with Crippen molar-refractivity contribution < 1.29 is 13.5 Å². The monoisotopic (exact) mass is 418 g/mol. The van der Waals surface area contributed by atoms with Crippen LogP contribution in [-0.2, 0) is 0 Å². The highest BCUT2D eigenvalue weighted by Gasteiger charge is 2.15. The molecule has 2 heterocycles. The van der Waals surface area contributed by atoms with Crippen LogP contribution in [0.25, 0.3) is 21.6 Å². The number of halogens is 3. The number of ether oxygens (including phenoxy) is 1. The van der Waals surface area contributed by atoms with Crippen molar-refractivity contribution in [2.24, 2.45) is 0 Å². The van der Waals surface area contributed by atoms with E-state index in [1.165, 1.54) is 17.4 Å². The second kappa shape index (κ2) is 6.50. The molecular formula is C18H9BrF2N2OS. The van der Waals surface area contributed by atoms with E-state index in [4.69, 9.17) is 4.74 Å². The molecule has 0 atom stereocenters.